The molecule has 1 amide bonds. The number of rotatable bonds is 5. The normalized spacial score (nSPS) is 11.9. The number of nitrogens with one attached hydrogen (secondary N) is 2. The number of carbonyl (C=O) groups excluding carboxylic acids is 1. The van der Waals surface area contributed by atoms with Crippen LogP contribution in [0.4, 0.5) is 11.4 Å². The first-order valence-electron chi connectivity index (χ1n) is 6.80. The average Bonchev–Trinajstić information content (AvgIpc) is 2.85. The topological polar surface area (TPSA) is 41.1 Å². The fourth-order valence-electron chi connectivity index (χ4n) is 2.08. The Kier molecular flexibility index (Phi) is 4.79. The maximum atomic E-state index is 11.4. The van der Waals surface area contributed by atoms with Crippen molar-refractivity contribution in [2.75, 3.05) is 10.6 Å². The van der Waals surface area contributed by atoms with Gasteiger partial charge in [0, 0.05) is 22.7 Å². The highest BCUT2D eigenvalue weighted by molar-refractivity contribution is 7.10. The molecule has 0 saturated heterocycles. The Labute approximate surface area is 124 Å². The van der Waals surface area contributed by atoms with E-state index in [2.05, 4.69) is 35.9 Å². The highest BCUT2D eigenvalue weighted by atomic mass is 32.1. The zero-order valence-electron chi connectivity index (χ0n) is 12.1. The molecule has 1 aromatic heterocycles. The molecule has 0 aliphatic heterocycles. The molecule has 106 valence electrons. The fourth-order valence-corrected chi connectivity index (χ4v) is 3.02. The van der Waals surface area contributed by atoms with Crippen LogP contribution in [0.2, 0.25) is 0 Å². The Bertz CT molecular complexity index is 592. The molecular weight excluding hydrogens is 268 g/mol. The highest BCUT2D eigenvalue weighted by Crippen LogP contribution is 2.27. The number of amides is 1. The van der Waals surface area contributed by atoms with E-state index >= 15 is 0 Å². The van der Waals surface area contributed by atoms with Gasteiger partial charge in [-0.15, -0.1) is 11.3 Å². The van der Waals surface area contributed by atoms with E-state index in [1.807, 2.05) is 31.2 Å². The first-order valence-corrected chi connectivity index (χ1v) is 7.68. The van der Waals surface area contributed by atoms with E-state index in [-0.39, 0.29) is 11.9 Å². The summed E-state index contributed by atoms with van der Waals surface area (Å²) in [7, 11) is 0. The van der Waals surface area contributed by atoms with Crippen LogP contribution < -0.4 is 10.6 Å². The lowest BCUT2D eigenvalue weighted by Gasteiger charge is -2.16. The van der Waals surface area contributed by atoms with Crippen LogP contribution in [0, 0.1) is 6.92 Å². The van der Waals surface area contributed by atoms with E-state index in [9.17, 15) is 4.79 Å². The Morgan fingerprint density at radius 1 is 1.30 bits per heavy atom. The second-order valence-corrected chi connectivity index (χ2v) is 5.76. The number of hydrogen-bond acceptors (Lipinski definition) is 3. The molecule has 0 spiro atoms. The summed E-state index contributed by atoms with van der Waals surface area (Å²) in [5.74, 6) is 0.0318. The van der Waals surface area contributed by atoms with Crippen molar-refractivity contribution in [2.45, 2.75) is 33.2 Å². The van der Waals surface area contributed by atoms with Gasteiger partial charge in [0.05, 0.1) is 6.04 Å². The van der Waals surface area contributed by atoms with Crippen LogP contribution in [0.3, 0.4) is 0 Å². The zero-order valence-corrected chi connectivity index (χ0v) is 12.9. The summed E-state index contributed by atoms with van der Waals surface area (Å²) in [5, 5.41) is 8.46. The van der Waals surface area contributed by atoms with Crippen LogP contribution in [0.1, 0.15) is 36.8 Å². The predicted molar refractivity (Wildman–Crippen MR) is 86.5 cm³/mol. The molecule has 0 radical (unpaired) electrons. The number of thiophene rings is 1. The molecule has 3 nitrogen and oxygen atoms in total. The number of aryl methyl sites for hydroxylation is 1. The van der Waals surface area contributed by atoms with Crippen molar-refractivity contribution < 1.29 is 4.79 Å². The van der Waals surface area contributed by atoms with Crippen molar-refractivity contribution in [3.8, 4) is 0 Å². The molecule has 1 atom stereocenters. The molecule has 1 unspecified atom stereocenters. The summed E-state index contributed by atoms with van der Waals surface area (Å²) in [6.45, 7) is 6.12. The summed E-state index contributed by atoms with van der Waals surface area (Å²) in [4.78, 5) is 12.8. The van der Waals surface area contributed by atoms with Crippen molar-refractivity contribution in [3.05, 3.63) is 46.2 Å². The van der Waals surface area contributed by atoms with Crippen molar-refractivity contribution in [1.29, 1.82) is 0 Å². The van der Waals surface area contributed by atoms with E-state index in [1.165, 1.54) is 10.4 Å². The maximum Gasteiger partial charge on any atom is 0.224 e. The summed E-state index contributed by atoms with van der Waals surface area (Å²) < 4.78 is 0. The number of anilines is 2. The molecule has 0 fully saturated rings. The van der Waals surface area contributed by atoms with Crippen LogP contribution in [-0.2, 0) is 4.79 Å². The quantitative estimate of drug-likeness (QED) is 0.845. The van der Waals surface area contributed by atoms with Gasteiger partial charge in [-0.1, -0.05) is 13.0 Å². The average molecular weight is 288 g/mol. The third-order valence-corrected chi connectivity index (χ3v) is 4.35. The van der Waals surface area contributed by atoms with Gasteiger partial charge in [0.2, 0.25) is 5.91 Å². The summed E-state index contributed by atoms with van der Waals surface area (Å²) in [5.41, 5.74) is 3.15. The third kappa shape index (κ3) is 3.61. The molecule has 1 heterocycles. The predicted octanol–water partition coefficient (Wildman–Crippen LogP) is 4.58. The van der Waals surface area contributed by atoms with Crippen LogP contribution in [-0.4, -0.2) is 5.91 Å². The van der Waals surface area contributed by atoms with Gasteiger partial charge in [0.1, 0.15) is 0 Å². The van der Waals surface area contributed by atoms with Gasteiger partial charge in [-0.05, 0) is 49.1 Å². The minimum Gasteiger partial charge on any atom is -0.378 e. The first kappa shape index (κ1) is 14.6. The van der Waals surface area contributed by atoms with Gasteiger partial charge in [0.25, 0.3) is 0 Å². The largest absolute Gasteiger partial charge is 0.378 e. The molecule has 0 bridgehead atoms. The van der Waals surface area contributed by atoms with Gasteiger partial charge in [-0.3, -0.25) is 4.79 Å². The molecule has 20 heavy (non-hydrogen) atoms. The van der Waals surface area contributed by atoms with Crippen molar-refractivity contribution in [3.63, 3.8) is 0 Å². The van der Waals surface area contributed by atoms with E-state index in [0.717, 1.165) is 11.4 Å². The van der Waals surface area contributed by atoms with Gasteiger partial charge >= 0.3 is 0 Å². The smallest absolute Gasteiger partial charge is 0.224 e. The molecule has 0 saturated carbocycles. The number of benzene rings is 1. The van der Waals surface area contributed by atoms with Crippen molar-refractivity contribution >= 4 is 28.6 Å². The Morgan fingerprint density at radius 3 is 2.70 bits per heavy atom. The van der Waals surface area contributed by atoms with Gasteiger partial charge in [-0.25, -0.2) is 0 Å². The molecular formula is C16H20N2OS. The number of hydrogen-bond donors (Lipinski definition) is 2. The minimum atomic E-state index is 0.0318. The van der Waals surface area contributed by atoms with E-state index < -0.39 is 0 Å². The van der Waals surface area contributed by atoms with Crippen LogP contribution in [0.5, 0.6) is 0 Å². The van der Waals surface area contributed by atoms with Crippen LogP contribution in [0.15, 0.2) is 35.7 Å². The standard InChI is InChI=1S/C16H20N2OS/c1-4-15(19)18-14-7-5-6-13(10-14)17-12(3)16-11(2)8-9-20-16/h5-10,12,17H,4H2,1-3H3,(H,18,19). The monoisotopic (exact) mass is 288 g/mol. The van der Waals surface area contributed by atoms with E-state index in [1.54, 1.807) is 11.3 Å². The number of carbonyl (C=O) groups is 1. The molecule has 1 aromatic carbocycles. The van der Waals surface area contributed by atoms with Gasteiger partial charge in [0.15, 0.2) is 0 Å². The highest BCUT2D eigenvalue weighted by Gasteiger charge is 2.10. The summed E-state index contributed by atoms with van der Waals surface area (Å²) >= 11 is 1.76. The fraction of sp³-hybridized carbons (Fsp3) is 0.312. The zero-order chi connectivity index (χ0) is 14.5. The molecule has 0 aliphatic rings. The maximum absolute atomic E-state index is 11.4. The van der Waals surface area contributed by atoms with Crippen molar-refractivity contribution in [2.24, 2.45) is 0 Å². The first-order chi connectivity index (χ1) is 9.60. The minimum absolute atomic E-state index is 0.0318. The Balaban J connectivity index is 2.08. The van der Waals surface area contributed by atoms with Gasteiger partial charge in [-0.2, -0.15) is 0 Å². The summed E-state index contributed by atoms with van der Waals surface area (Å²) in [6, 6.07) is 10.2. The second-order valence-electron chi connectivity index (χ2n) is 4.82. The SMILES string of the molecule is CCC(=O)Nc1cccc(NC(C)c2sccc2C)c1. The van der Waals surface area contributed by atoms with E-state index in [4.69, 9.17) is 0 Å². The summed E-state index contributed by atoms with van der Waals surface area (Å²) in [6.07, 6.45) is 0.489. The third-order valence-electron chi connectivity index (χ3n) is 3.15. The van der Waals surface area contributed by atoms with Crippen LogP contribution in [0.25, 0.3) is 0 Å². The molecule has 2 N–H and O–H groups in total. The lowest BCUT2D eigenvalue weighted by Crippen LogP contribution is -2.10. The molecule has 2 rings (SSSR count). The molecule has 0 aliphatic carbocycles. The lowest BCUT2D eigenvalue weighted by molar-refractivity contribution is -0.115. The lowest BCUT2D eigenvalue weighted by atomic mass is 10.1. The van der Waals surface area contributed by atoms with Crippen LogP contribution >= 0.6 is 11.3 Å². The molecule has 2 aromatic rings. The second kappa shape index (κ2) is 6.57. The Morgan fingerprint density at radius 2 is 2.05 bits per heavy atom. The van der Waals surface area contributed by atoms with Gasteiger partial charge < -0.3 is 10.6 Å². The van der Waals surface area contributed by atoms with Crippen molar-refractivity contribution in [1.82, 2.24) is 0 Å². The Hall–Kier alpha value is -1.81. The van der Waals surface area contributed by atoms with E-state index in [0.29, 0.717) is 6.42 Å². The molecule has 4 heteroatoms.